The number of halogens is 1. The molecular formula is C9H9ClN4O3. The molecule has 0 atom stereocenters. The normalized spacial score (nSPS) is 11.1. The van der Waals surface area contributed by atoms with Gasteiger partial charge < -0.3 is 4.57 Å². The minimum absolute atomic E-state index is 0.0695. The average Bonchev–Trinajstić information content (AvgIpc) is 2.62. The van der Waals surface area contributed by atoms with Gasteiger partial charge in [-0.15, -0.1) is 0 Å². The lowest BCUT2D eigenvalue weighted by atomic mass is 10.5. The Morgan fingerprint density at radius 3 is 2.24 bits per heavy atom. The zero-order valence-corrected chi connectivity index (χ0v) is 10.1. The molecule has 17 heavy (non-hydrogen) atoms. The van der Waals surface area contributed by atoms with Crippen LogP contribution in [0.5, 0.6) is 0 Å². The van der Waals surface area contributed by atoms with Crippen LogP contribution in [0.1, 0.15) is 10.6 Å². The van der Waals surface area contributed by atoms with E-state index in [1.165, 1.54) is 30.3 Å². The summed E-state index contributed by atoms with van der Waals surface area (Å²) in [7, 11) is 4.33. The highest BCUT2D eigenvalue weighted by atomic mass is 35.5. The number of nitrogens with zero attached hydrogens (tertiary/aromatic N) is 4. The third kappa shape index (κ3) is 1.42. The monoisotopic (exact) mass is 256 g/mol. The van der Waals surface area contributed by atoms with Crippen LogP contribution >= 0.6 is 11.6 Å². The Bertz CT molecular complexity index is 752. The van der Waals surface area contributed by atoms with E-state index in [1.807, 2.05) is 0 Å². The number of imidazole rings is 1. The van der Waals surface area contributed by atoms with Crippen molar-refractivity contribution in [3.05, 3.63) is 26.7 Å². The molecule has 8 heteroatoms. The summed E-state index contributed by atoms with van der Waals surface area (Å²) in [5, 5.41) is -0.779. The quantitative estimate of drug-likeness (QED) is 0.635. The third-order valence-electron chi connectivity index (χ3n) is 2.65. The summed E-state index contributed by atoms with van der Waals surface area (Å²) >= 11 is 5.35. The standard InChI is InChI=1S/C9H9ClN4O3/c1-12-4-6(11-7(12)5(10)15)13(2)9(17)14(3)8(4)16/h1-3H3. The maximum Gasteiger partial charge on any atom is 0.332 e. The fraction of sp³-hybridized carbons (Fsp3) is 0.333. The summed E-state index contributed by atoms with van der Waals surface area (Å²) in [6, 6.07) is 0. The van der Waals surface area contributed by atoms with Gasteiger partial charge in [0.2, 0.25) is 0 Å². The number of aromatic nitrogens is 4. The van der Waals surface area contributed by atoms with E-state index in [0.29, 0.717) is 0 Å². The van der Waals surface area contributed by atoms with Gasteiger partial charge in [-0.2, -0.15) is 0 Å². The summed E-state index contributed by atoms with van der Waals surface area (Å²) in [6.45, 7) is 0. The van der Waals surface area contributed by atoms with Crippen molar-refractivity contribution in [2.75, 3.05) is 0 Å². The van der Waals surface area contributed by atoms with Crippen LogP contribution in [0, 0.1) is 0 Å². The van der Waals surface area contributed by atoms with Crippen LogP contribution < -0.4 is 11.2 Å². The minimum atomic E-state index is -0.779. The van der Waals surface area contributed by atoms with Gasteiger partial charge in [0, 0.05) is 21.1 Å². The highest BCUT2D eigenvalue weighted by Gasteiger charge is 2.19. The molecule has 2 rings (SSSR count). The molecule has 0 radical (unpaired) electrons. The van der Waals surface area contributed by atoms with E-state index in [2.05, 4.69) is 4.98 Å². The molecule has 0 aliphatic carbocycles. The minimum Gasteiger partial charge on any atom is -0.318 e. The zero-order chi connectivity index (χ0) is 12.9. The molecule has 0 amide bonds. The van der Waals surface area contributed by atoms with Crippen molar-refractivity contribution in [2.45, 2.75) is 0 Å². The van der Waals surface area contributed by atoms with Gasteiger partial charge in [0.25, 0.3) is 10.8 Å². The Labute approximate surface area is 99.9 Å². The first kappa shape index (κ1) is 11.6. The Morgan fingerprint density at radius 2 is 1.71 bits per heavy atom. The molecule has 0 aromatic carbocycles. The van der Waals surface area contributed by atoms with Crippen LogP contribution in [0.4, 0.5) is 0 Å². The first-order valence-electron chi connectivity index (χ1n) is 4.68. The molecule has 0 saturated heterocycles. The van der Waals surface area contributed by atoms with Gasteiger partial charge in [-0.25, -0.2) is 9.78 Å². The largest absolute Gasteiger partial charge is 0.332 e. The molecule has 0 bridgehead atoms. The van der Waals surface area contributed by atoms with E-state index < -0.39 is 16.5 Å². The summed E-state index contributed by atoms with van der Waals surface area (Å²) < 4.78 is 3.43. The van der Waals surface area contributed by atoms with E-state index in [-0.39, 0.29) is 17.0 Å². The average molecular weight is 257 g/mol. The van der Waals surface area contributed by atoms with Crippen LogP contribution in [-0.2, 0) is 21.1 Å². The second-order valence-corrected chi connectivity index (χ2v) is 3.99. The molecule has 2 heterocycles. The molecule has 2 aromatic heterocycles. The second-order valence-electron chi connectivity index (χ2n) is 3.65. The fourth-order valence-electron chi connectivity index (χ4n) is 1.69. The lowest BCUT2D eigenvalue weighted by Crippen LogP contribution is -2.37. The summed E-state index contributed by atoms with van der Waals surface area (Å²) in [5.41, 5.74) is -0.709. The Morgan fingerprint density at radius 1 is 1.12 bits per heavy atom. The molecule has 0 saturated carbocycles. The van der Waals surface area contributed by atoms with Crippen LogP contribution in [0.15, 0.2) is 9.59 Å². The predicted molar refractivity (Wildman–Crippen MR) is 61.4 cm³/mol. The Kier molecular flexibility index (Phi) is 2.43. The first-order valence-corrected chi connectivity index (χ1v) is 5.06. The van der Waals surface area contributed by atoms with Crippen molar-refractivity contribution in [3.8, 4) is 0 Å². The number of hydrogen-bond acceptors (Lipinski definition) is 4. The lowest BCUT2D eigenvalue weighted by molar-refractivity contribution is 0.107. The summed E-state index contributed by atoms with van der Waals surface area (Å²) in [4.78, 5) is 38.6. The van der Waals surface area contributed by atoms with Crippen molar-refractivity contribution in [1.82, 2.24) is 18.7 Å². The lowest BCUT2D eigenvalue weighted by Gasteiger charge is -2.02. The molecule has 90 valence electrons. The molecule has 0 spiro atoms. The van der Waals surface area contributed by atoms with Crippen LogP contribution in [-0.4, -0.2) is 23.9 Å². The number of fused-ring (bicyclic) bond motifs is 1. The zero-order valence-electron chi connectivity index (χ0n) is 9.39. The molecule has 0 aliphatic rings. The predicted octanol–water partition coefficient (Wildman–Crippen LogP) is -0.650. The molecule has 0 aliphatic heterocycles. The van der Waals surface area contributed by atoms with Crippen LogP contribution in [0.25, 0.3) is 11.2 Å². The number of rotatable bonds is 1. The van der Waals surface area contributed by atoms with E-state index >= 15 is 0 Å². The van der Waals surface area contributed by atoms with Crippen molar-refractivity contribution in [2.24, 2.45) is 21.1 Å². The van der Waals surface area contributed by atoms with E-state index in [0.717, 1.165) is 4.57 Å². The molecule has 0 N–H and O–H groups in total. The topological polar surface area (TPSA) is 78.9 Å². The van der Waals surface area contributed by atoms with Gasteiger partial charge in [0.05, 0.1) is 0 Å². The maximum atomic E-state index is 11.9. The van der Waals surface area contributed by atoms with Crippen molar-refractivity contribution in [1.29, 1.82) is 0 Å². The molecule has 0 fully saturated rings. The fourth-order valence-corrected chi connectivity index (χ4v) is 1.86. The van der Waals surface area contributed by atoms with Gasteiger partial charge in [-0.3, -0.25) is 18.7 Å². The van der Waals surface area contributed by atoms with Crippen molar-refractivity contribution < 1.29 is 4.79 Å². The van der Waals surface area contributed by atoms with E-state index in [9.17, 15) is 14.4 Å². The second kappa shape index (κ2) is 3.56. The Balaban J connectivity index is 3.14. The van der Waals surface area contributed by atoms with Gasteiger partial charge in [0.1, 0.15) is 0 Å². The van der Waals surface area contributed by atoms with Crippen molar-refractivity contribution in [3.63, 3.8) is 0 Å². The Hall–Kier alpha value is -1.89. The van der Waals surface area contributed by atoms with Gasteiger partial charge >= 0.3 is 5.69 Å². The number of carbonyl (C=O) groups is 1. The third-order valence-corrected chi connectivity index (χ3v) is 2.82. The van der Waals surface area contributed by atoms with Crippen LogP contribution in [0.3, 0.4) is 0 Å². The van der Waals surface area contributed by atoms with Crippen molar-refractivity contribution >= 4 is 28.0 Å². The first-order chi connectivity index (χ1) is 7.86. The molecule has 2 aromatic rings. The summed E-state index contributed by atoms with van der Waals surface area (Å²) in [5.74, 6) is -0.0695. The number of carbonyl (C=O) groups excluding carboxylic acids is 1. The number of hydrogen-bond donors (Lipinski definition) is 0. The number of aryl methyl sites for hydroxylation is 2. The molecule has 7 nitrogen and oxygen atoms in total. The van der Waals surface area contributed by atoms with E-state index in [1.54, 1.807) is 0 Å². The van der Waals surface area contributed by atoms with Gasteiger partial charge in [-0.1, -0.05) is 0 Å². The maximum absolute atomic E-state index is 11.9. The van der Waals surface area contributed by atoms with Gasteiger partial charge in [-0.05, 0) is 11.6 Å². The molecule has 0 unspecified atom stereocenters. The van der Waals surface area contributed by atoms with Gasteiger partial charge in [0.15, 0.2) is 17.0 Å². The summed E-state index contributed by atoms with van der Waals surface area (Å²) in [6.07, 6.45) is 0. The SMILES string of the molecule is Cn1c(=O)c2c(nc(C(=O)Cl)n2C)n(C)c1=O. The molecular weight excluding hydrogens is 248 g/mol. The van der Waals surface area contributed by atoms with Crippen LogP contribution in [0.2, 0.25) is 0 Å². The van der Waals surface area contributed by atoms with E-state index in [4.69, 9.17) is 11.6 Å². The smallest absolute Gasteiger partial charge is 0.318 e. The highest BCUT2D eigenvalue weighted by Crippen LogP contribution is 2.10. The highest BCUT2D eigenvalue weighted by molar-refractivity contribution is 6.67.